The monoisotopic (exact) mass is 533 g/mol. The van der Waals surface area contributed by atoms with E-state index in [4.69, 9.17) is 22.1 Å². The van der Waals surface area contributed by atoms with Crippen molar-refractivity contribution < 1.29 is 19.1 Å². The Bertz CT molecular complexity index is 1290. The van der Waals surface area contributed by atoms with E-state index in [0.717, 1.165) is 16.9 Å². The van der Waals surface area contributed by atoms with Crippen LogP contribution < -0.4 is 20.3 Å². The Balaban J connectivity index is 1.55. The first kappa shape index (κ1) is 27.2. The zero-order chi connectivity index (χ0) is 27.2. The van der Waals surface area contributed by atoms with E-state index in [2.05, 4.69) is 0 Å². The van der Waals surface area contributed by atoms with Gasteiger partial charge in [-0.15, -0.1) is 0 Å². The van der Waals surface area contributed by atoms with Gasteiger partial charge in [0.05, 0.1) is 12.5 Å². The molecule has 8 heteroatoms. The summed E-state index contributed by atoms with van der Waals surface area (Å²) in [7, 11) is 0. The number of rotatable bonds is 9. The molecule has 0 fully saturated rings. The van der Waals surface area contributed by atoms with E-state index in [9.17, 15) is 14.4 Å². The molecule has 7 nitrogen and oxygen atoms in total. The molecule has 198 valence electrons. The van der Waals surface area contributed by atoms with E-state index in [1.165, 1.54) is 0 Å². The maximum Gasteiger partial charge on any atom is 0.258 e. The summed E-state index contributed by atoms with van der Waals surface area (Å²) in [5, 5.41) is 0.616. The van der Waals surface area contributed by atoms with Gasteiger partial charge in [-0.05, 0) is 86.8 Å². The Morgan fingerprint density at radius 2 is 1.71 bits per heavy atom. The van der Waals surface area contributed by atoms with Crippen molar-refractivity contribution in [2.75, 3.05) is 23.0 Å². The van der Waals surface area contributed by atoms with Gasteiger partial charge in [0.15, 0.2) is 0 Å². The number of hydrogen-bond acceptors (Lipinski definition) is 4. The van der Waals surface area contributed by atoms with Gasteiger partial charge < -0.3 is 20.3 Å². The van der Waals surface area contributed by atoms with E-state index >= 15 is 0 Å². The maximum atomic E-state index is 13.8. The van der Waals surface area contributed by atoms with Crippen LogP contribution in [0, 0.1) is 0 Å². The van der Waals surface area contributed by atoms with Crippen LogP contribution in [0.4, 0.5) is 11.4 Å². The molecule has 3 aromatic rings. The van der Waals surface area contributed by atoms with Crippen molar-refractivity contribution >= 4 is 40.7 Å². The molecule has 2 atom stereocenters. The number of halogens is 1. The lowest BCUT2D eigenvalue weighted by atomic mass is 9.84. The van der Waals surface area contributed by atoms with E-state index in [0.29, 0.717) is 42.3 Å². The zero-order valence-electron chi connectivity index (χ0n) is 21.6. The SMILES string of the molecule is CCN(C(=O)[C@H]1C[C@@H](C)N(C(=O)c2ccc(OCCCC(N)=O)cc2)c2ccccc21)c1ccc(Cl)cc1. The molecule has 0 saturated heterocycles. The first-order valence-corrected chi connectivity index (χ1v) is 13.2. The lowest BCUT2D eigenvalue weighted by molar-refractivity contribution is -0.120. The van der Waals surface area contributed by atoms with Crippen LogP contribution in [0.2, 0.25) is 5.02 Å². The summed E-state index contributed by atoms with van der Waals surface area (Å²) in [6, 6.07) is 21.6. The highest BCUT2D eigenvalue weighted by molar-refractivity contribution is 6.30. The van der Waals surface area contributed by atoms with Crippen molar-refractivity contribution in [3.63, 3.8) is 0 Å². The number of nitrogens with two attached hydrogens (primary N) is 1. The third-order valence-electron chi connectivity index (χ3n) is 6.76. The van der Waals surface area contributed by atoms with Crippen LogP contribution in [0.25, 0.3) is 0 Å². The van der Waals surface area contributed by atoms with Gasteiger partial charge in [0.2, 0.25) is 11.8 Å². The number of ether oxygens (including phenoxy) is 1. The Morgan fingerprint density at radius 3 is 2.37 bits per heavy atom. The van der Waals surface area contributed by atoms with Crippen molar-refractivity contribution in [1.29, 1.82) is 0 Å². The molecule has 38 heavy (non-hydrogen) atoms. The Morgan fingerprint density at radius 1 is 1.03 bits per heavy atom. The summed E-state index contributed by atoms with van der Waals surface area (Å²) >= 11 is 6.05. The molecular formula is C30H32ClN3O4. The largest absolute Gasteiger partial charge is 0.494 e. The Kier molecular flexibility index (Phi) is 8.69. The third-order valence-corrected chi connectivity index (χ3v) is 7.02. The second kappa shape index (κ2) is 12.1. The normalized spacial score (nSPS) is 16.4. The van der Waals surface area contributed by atoms with Crippen molar-refractivity contribution in [2.24, 2.45) is 5.73 Å². The van der Waals surface area contributed by atoms with Crippen molar-refractivity contribution in [1.82, 2.24) is 0 Å². The van der Waals surface area contributed by atoms with Gasteiger partial charge in [-0.25, -0.2) is 0 Å². The molecule has 0 aromatic heterocycles. The highest BCUT2D eigenvalue weighted by Gasteiger charge is 2.38. The number of amides is 3. The smallest absolute Gasteiger partial charge is 0.258 e. The van der Waals surface area contributed by atoms with Crippen molar-refractivity contribution in [3.8, 4) is 5.75 Å². The molecule has 0 spiro atoms. The topological polar surface area (TPSA) is 92.9 Å². The average molecular weight is 534 g/mol. The molecule has 3 aromatic carbocycles. The van der Waals surface area contributed by atoms with E-state index in [-0.39, 0.29) is 36.1 Å². The number of likely N-dealkylation sites (N-methyl/N-ethyl adjacent to an activating group) is 1. The molecule has 0 aliphatic carbocycles. The van der Waals surface area contributed by atoms with Crippen LogP contribution in [0.5, 0.6) is 5.75 Å². The average Bonchev–Trinajstić information content (AvgIpc) is 2.92. The van der Waals surface area contributed by atoms with E-state index in [1.54, 1.807) is 46.2 Å². The lowest BCUT2D eigenvalue weighted by Gasteiger charge is -2.40. The predicted octanol–water partition coefficient (Wildman–Crippen LogP) is 5.56. The lowest BCUT2D eigenvalue weighted by Crippen LogP contribution is -2.46. The van der Waals surface area contributed by atoms with Gasteiger partial charge in [0.1, 0.15) is 5.75 Å². The Labute approximate surface area is 228 Å². The minimum atomic E-state index is -0.378. The van der Waals surface area contributed by atoms with Crippen LogP contribution in [-0.4, -0.2) is 36.9 Å². The quantitative estimate of drug-likeness (QED) is 0.364. The zero-order valence-corrected chi connectivity index (χ0v) is 22.4. The summed E-state index contributed by atoms with van der Waals surface area (Å²) < 4.78 is 5.65. The molecule has 0 unspecified atom stereocenters. The number of hydrogen-bond donors (Lipinski definition) is 1. The number of benzene rings is 3. The Hall–Kier alpha value is -3.84. The predicted molar refractivity (Wildman–Crippen MR) is 150 cm³/mol. The number of nitrogens with zero attached hydrogens (tertiary/aromatic N) is 2. The maximum absolute atomic E-state index is 13.8. The minimum Gasteiger partial charge on any atom is -0.494 e. The highest BCUT2D eigenvalue weighted by atomic mass is 35.5. The molecule has 2 N–H and O–H groups in total. The second-order valence-electron chi connectivity index (χ2n) is 9.37. The summed E-state index contributed by atoms with van der Waals surface area (Å²) in [4.78, 5) is 41.9. The van der Waals surface area contributed by atoms with Crippen LogP contribution in [0.1, 0.15) is 54.9 Å². The van der Waals surface area contributed by atoms with Crippen molar-refractivity contribution in [2.45, 2.75) is 45.1 Å². The fraction of sp³-hybridized carbons (Fsp3) is 0.300. The molecule has 0 radical (unpaired) electrons. The molecular weight excluding hydrogens is 502 g/mol. The summed E-state index contributed by atoms with van der Waals surface area (Å²) in [5.74, 6) is -0.260. The van der Waals surface area contributed by atoms with Crippen LogP contribution in [0.3, 0.4) is 0 Å². The number of primary amides is 1. The number of para-hydroxylation sites is 1. The third kappa shape index (κ3) is 6.00. The standard InChI is InChI=1S/C30H32ClN3O4/c1-3-33(23-14-12-22(31)13-15-23)30(37)26-19-20(2)34(27-8-5-4-7-25(26)27)29(36)21-10-16-24(17-11-21)38-18-6-9-28(32)35/h4-5,7-8,10-17,20,26H,3,6,9,18-19H2,1-2H3,(H2,32,35)/t20-,26+/m1/s1. The summed E-state index contributed by atoms with van der Waals surface area (Å²) in [6.45, 7) is 4.81. The fourth-order valence-electron chi connectivity index (χ4n) is 4.90. The van der Waals surface area contributed by atoms with Gasteiger partial charge in [-0.1, -0.05) is 29.8 Å². The number of anilines is 2. The number of fused-ring (bicyclic) bond motifs is 1. The molecule has 1 aliphatic heterocycles. The van der Waals surface area contributed by atoms with Gasteiger partial charge in [-0.2, -0.15) is 0 Å². The minimum absolute atomic E-state index is 0.000872. The first-order valence-electron chi connectivity index (χ1n) is 12.8. The van der Waals surface area contributed by atoms with E-state index in [1.807, 2.05) is 50.2 Å². The number of carbonyl (C=O) groups is 3. The summed E-state index contributed by atoms with van der Waals surface area (Å²) in [6.07, 6.45) is 1.31. The van der Waals surface area contributed by atoms with Gasteiger partial charge in [-0.3, -0.25) is 14.4 Å². The molecule has 3 amide bonds. The van der Waals surface area contributed by atoms with Crippen LogP contribution >= 0.6 is 11.6 Å². The van der Waals surface area contributed by atoms with E-state index < -0.39 is 0 Å². The second-order valence-corrected chi connectivity index (χ2v) is 9.81. The van der Waals surface area contributed by atoms with Crippen molar-refractivity contribution in [3.05, 3.63) is 88.9 Å². The molecule has 0 bridgehead atoms. The number of carbonyl (C=O) groups excluding carboxylic acids is 3. The molecule has 1 heterocycles. The first-order chi connectivity index (χ1) is 18.3. The van der Waals surface area contributed by atoms with Crippen LogP contribution in [-0.2, 0) is 9.59 Å². The van der Waals surface area contributed by atoms with Gasteiger partial charge in [0, 0.05) is 41.0 Å². The fourth-order valence-corrected chi connectivity index (χ4v) is 5.03. The molecule has 4 rings (SSSR count). The molecule has 0 saturated carbocycles. The summed E-state index contributed by atoms with van der Waals surface area (Å²) in [5.41, 5.74) is 8.06. The van der Waals surface area contributed by atoms with Gasteiger partial charge >= 0.3 is 0 Å². The van der Waals surface area contributed by atoms with Gasteiger partial charge in [0.25, 0.3) is 5.91 Å². The molecule has 1 aliphatic rings. The highest BCUT2D eigenvalue weighted by Crippen LogP contribution is 2.41. The van der Waals surface area contributed by atoms with Crippen LogP contribution in [0.15, 0.2) is 72.8 Å².